The maximum Gasteiger partial charge on any atom is 0.0435 e. The summed E-state index contributed by atoms with van der Waals surface area (Å²) in [6, 6.07) is 20.4. The minimum absolute atomic E-state index is 0.168. The van der Waals surface area contributed by atoms with Gasteiger partial charge in [-0.1, -0.05) is 47.5 Å². The van der Waals surface area contributed by atoms with Gasteiger partial charge in [-0.15, -0.1) is 11.3 Å². The van der Waals surface area contributed by atoms with Gasteiger partial charge in [0.1, 0.15) is 0 Å². The summed E-state index contributed by atoms with van der Waals surface area (Å²) in [5.74, 6) is 0.168. The Balaban J connectivity index is 2.15. The lowest BCUT2D eigenvalue weighted by Gasteiger charge is -2.17. The van der Waals surface area contributed by atoms with E-state index in [2.05, 4.69) is 31.2 Å². The van der Waals surface area contributed by atoms with Crippen LogP contribution in [0.5, 0.6) is 0 Å². The van der Waals surface area contributed by atoms with Gasteiger partial charge >= 0.3 is 0 Å². The van der Waals surface area contributed by atoms with Gasteiger partial charge in [-0.25, -0.2) is 0 Å². The highest BCUT2D eigenvalue weighted by molar-refractivity contribution is 7.12. The van der Waals surface area contributed by atoms with Crippen LogP contribution >= 0.6 is 34.5 Å². The number of benzene rings is 2. The van der Waals surface area contributed by atoms with E-state index >= 15 is 0 Å². The number of hydrogen-bond donors (Lipinski definition) is 0. The van der Waals surface area contributed by atoms with Crippen molar-refractivity contribution in [3.63, 3.8) is 0 Å². The van der Waals surface area contributed by atoms with Gasteiger partial charge in [0, 0.05) is 25.7 Å². The number of thiophene rings is 1. The minimum atomic E-state index is 0.168. The van der Waals surface area contributed by atoms with Gasteiger partial charge in [-0.2, -0.15) is 0 Å². The molecule has 0 unspecified atom stereocenters. The van der Waals surface area contributed by atoms with Gasteiger partial charge in [-0.05, 0) is 54.4 Å². The molecule has 0 radical (unpaired) electrons. The number of aryl methyl sites for hydroxylation is 1. The highest BCUT2D eigenvalue weighted by Gasteiger charge is 2.19. The molecular formula is C18H14Cl2S. The molecule has 3 rings (SSSR count). The maximum absolute atomic E-state index is 6.18. The van der Waals surface area contributed by atoms with Crippen molar-refractivity contribution in [1.82, 2.24) is 0 Å². The third-order valence-corrected chi connectivity index (χ3v) is 4.95. The first-order chi connectivity index (χ1) is 10.1. The summed E-state index contributed by atoms with van der Waals surface area (Å²) in [7, 11) is 0. The molecule has 0 nitrogen and oxygen atoms in total. The molecule has 1 aromatic heterocycles. The topological polar surface area (TPSA) is 0 Å². The van der Waals surface area contributed by atoms with Gasteiger partial charge < -0.3 is 0 Å². The molecule has 0 amide bonds. The Kier molecular flexibility index (Phi) is 4.34. The highest BCUT2D eigenvalue weighted by Crippen LogP contribution is 2.37. The zero-order chi connectivity index (χ0) is 14.8. The summed E-state index contributed by atoms with van der Waals surface area (Å²) in [6.45, 7) is 2.13. The standard InChI is InChI=1S/C18H14Cl2S/c1-12-8-9-17(21-12)18(13-4-2-6-15(19)10-13)14-5-3-7-16(20)11-14/h2-11,18H,1H3. The summed E-state index contributed by atoms with van der Waals surface area (Å²) < 4.78 is 0. The minimum Gasteiger partial charge on any atom is -0.145 e. The van der Waals surface area contributed by atoms with Crippen LogP contribution < -0.4 is 0 Å². The fraction of sp³-hybridized carbons (Fsp3) is 0.111. The van der Waals surface area contributed by atoms with Crippen molar-refractivity contribution < 1.29 is 0 Å². The van der Waals surface area contributed by atoms with Gasteiger partial charge in [0.05, 0.1) is 0 Å². The monoisotopic (exact) mass is 332 g/mol. The SMILES string of the molecule is Cc1ccc(C(c2cccc(Cl)c2)c2cccc(Cl)c2)s1. The molecule has 2 aromatic carbocycles. The van der Waals surface area contributed by atoms with Crippen molar-refractivity contribution in [2.75, 3.05) is 0 Å². The van der Waals surface area contributed by atoms with Crippen molar-refractivity contribution in [2.45, 2.75) is 12.8 Å². The lowest BCUT2D eigenvalue weighted by atomic mass is 9.90. The third-order valence-electron chi connectivity index (χ3n) is 3.41. The quantitative estimate of drug-likeness (QED) is 0.510. The molecule has 0 saturated carbocycles. The third kappa shape index (κ3) is 3.32. The largest absolute Gasteiger partial charge is 0.145 e. The first kappa shape index (κ1) is 14.6. The van der Waals surface area contributed by atoms with Crippen LogP contribution in [0.1, 0.15) is 26.8 Å². The van der Waals surface area contributed by atoms with Crippen LogP contribution in [-0.4, -0.2) is 0 Å². The van der Waals surface area contributed by atoms with Gasteiger partial charge in [0.2, 0.25) is 0 Å². The highest BCUT2D eigenvalue weighted by atomic mass is 35.5. The first-order valence-electron chi connectivity index (χ1n) is 6.71. The predicted octanol–water partition coefficient (Wildman–Crippen LogP) is 6.54. The predicted molar refractivity (Wildman–Crippen MR) is 92.9 cm³/mol. The number of rotatable bonds is 3. The normalized spacial score (nSPS) is 11.0. The van der Waals surface area contributed by atoms with Crippen LogP contribution in [-0.2, 0) is 0 Å². The Labute approximate surface area is 139 Å². The molecule has 21 heavy (non-hydrogen) atoms. The van der Waals surface area contributed by atoms with Crippen molar-refractivity contribution in [3.05, 3.63) is 91.6 Å². The molecule has 0 aliphatic carbocycles. The molecule has 0 saturated heterocycles. The molecule has 0 N–H and O–H groups in total. The Morgan fingerprint density at radius 1 is 0.810 bits per heavy atom. The maximum atomic E-state index is 6.18. The molecule has 0 atom stereocenters. The Bertz CT molecular complexity index is 716. The van der Waals surface area contributed by atoms with E-state index in [0.717, 1.165) is 10.0 Å². The van der Waals surface area contributed by atoms with E-state index in [-0.39, 0.29) is 5.92 Å². The fourth-order valence-corrected chi connectivity index (χ4v) is 3.93. The van der Waals surface area contributed by atoms with Crippen LogP contribution in [0.15, 0.2) is 60.7 Å². The Morgan fingerprint density at radius 3 is 1.81 bits per heavy atom. The smallest absolute Gasteiger partial charge is 0.0435 e. The average Bonchev–Trinajstić information content (AvgIpc) is 2.86. The summed E-state index contributed by atoms with van der Waals surface area (Å²) in [5, 5.41) is 1.51. The Morgan fingerprint density at radius 2 is 1.38 bits per heavy atom. The van der Waals surface area contributed by atoms with Gasteiger partial charge in [0.15, 0.2) is 0 Å². The lowest BCUT2D eigenvalue weighted by Crippen LogP contribution is -2.01. The van der Waals surface area contributed by atoms with Gasteiger partial charge in [0.25, 0.3) is 0 Å². The van der Waals surface area contributed by atoms with Crippen molar-refractivity contribution in [2.24, 2.45) is 0 Å². The van der Waals surface area contributed by atoms with Crippen LogP contribution in [0, 0.1) is 6.92 Å². The molecule has 0 aliphatic heterocycles. The van der Waals surface area contributed by atoms with E-state index in [1.54, 1.807) is 0 Å². The second kappa shape index (κ2) is 6.23. The first-order valence-corrected chi connectivity index (χ1v) is 8.28. The van der Waals surface area contributed by atoms with Crippen molar-refractivity contribution in [3.8, 4) is 0 Å². The summed E-state index contributed by atoms with van der Waals surface area (Å²) >= 11 is 14.2. The molecule has 3 heteroatoms. The van der Waals surface area contributed by atoms with E-state index in [4.69, 9.17) is 23.2 Å². The zero-order valence-corrected chi connectivity index (χ0v) is 13.8. The molecular weight excluding hydrogens is 319 g/mol. The molecule has 0 bridgehead atoms. The lowest BCUT2D eigenvalue weighted by molar-refractivity contribution is 1.01. The van der Waals surface area contributed by atoms with Crippen LogP contribution in [0.4, 0.5) is 0 Å². The summed E-state index contributed by atoms with van der Waals surface area (Å²) in [5.41, 5.74) is 2.37. The molecule has 3 aromatic rings. The van der Waals surface area contributed by atoms with E-state index in [9.17, 15) is 0 Å². The van der Waals surface area contributed by atoms with Crippen molar-refractivity contribution in [1.29, 1.82) is 0 Å². The van der Waals surface area contributed by atoms with Gasteiger partial charge in [-0.3, -0.25) is 0 Å². The van der Waals surface area contributed by atoms with Crippen LogP contribution in [0.25, 0.3) is 0 Å². The molecule has 0 aliphatic rings. The molecule has 106 valence electrons. The van der Waals surface area contributed by atoms with E-state index in [1.807, 2.05) is 47.7 Å². The van der Waals surface area contributed by atoms with Crippen molar-refractivity contribution >= 4 is 34.5 Å². The molecule has 0 fully saturated rings. The zero-order valence-electron chi connectivity index (χ0n) is 11.5. The fourth-order valence-electron chi connectivity index (χ4n) is 2.50. The van der Waals surface area contributed by atoms with Crippen LogP contribution in [0.2, 0.25) is 10.0 Å². The number of hydrogen-bond acceptors (Lipinski definition) is 1. The second-order valence-electron chi connectivity index (χ2n) is 4.99. The van der Waals surface area contributed by atoms with E-state index < -0.39 is 0 Å². The molecule has 1 heterocycles. The van der Waals surface area contributed by atoms with E-state index in [0.29, 0.717) is 0 Å². The van der Waals surface area contributed by atoms with Crippen LogP contribution in [0.3, 0.4) is 0 Å². The Hall–Kier alpha value is -1.28. The summed E-state index contributed by atoms with van der Waals surface area (Å²) in [6.07, 6.45) is 0. The average molecular weight is 333 g/mol. The molecule has 0 spiro atoms. The second-order valence-corrected chi connectivity index (χ2v) is 7.18. The van der Waals surface area contributed by atoms with E-state index in [1.165, 1.54) is 20.9 Å². The summed E-state index contributed by atoms with van der Waals surface area (Å²) in [4.78, 5) is 2.61. The number of halogens is 2.